The van der Waals surface area contributed by atoms with Crippen molar-refractivity contribution in [1.82, 2.24) is 0 Å². The van der Waals surface area contributed by atoms with Crippen molar-refractivity contribution in [2.45, 2.75) is 18.4 Å². The molecule has 0 radical (unpaired) electrons. The van der Waals surface area contributed by atoms with Gasteiger partial charge in [0.05, 0.1) is 7.11 Å². The number of carboxylic acid groups (broad SMARTS) is 1. The van der Waals surface area contributed by atoms with Crippen LogP contribution in [0.3, 0.4) is 0 Å². The minimum absolute atomic E-state index is 0.458. The third-order valence-electron chi connectivity index (χ3n) is 3.50. The van der Waals surface area contributed by atoms with Crippen LogP contribution in [0.5, 0.6) is 5.75 Å². The first-order valence-corrected chi connectivity index (χ1v) is 5.96. The van der Waals surface area contributed by atoms with Crippen LogP contribution >= 0.6 is 0 Å². The molecular formula is C13H18N2O3. The Bertz CT molecular complexity index is 440. The Labute approximate surface area is 106 Å². The summed E-state index contributed by atoms with van der Waals surface area (Å²) in [6.07, 6.45) is 0.916. The highest BCUT2D eigenvalue weighted by molar-refractivity contribution is 5.79. The van der Waals surface area contributed by atoms with E-state index in [0.717, 1.165) is 11.4 Å². The number of aliphatic carboxylic acids is 1. The van der Waals surface area contributed by atoms with E-state index < -0.39 is 11.5 Å². The zero-order valence-corrected chi connectivity index (χ0v) is 10.4. The number of methoxy groups -OCH3 is 1. The van der Waals surface area contributed by atoms with Crippen LogP contribution in [-0.2, 0) is 4.79 Å². The van der Waals surface area contributed by atoms with Crippen LogP contribution in [0.4, 0.5) is 5.69 Å². The molecular weight excluding hydrogens is 232 g/mol. The Balaban J connectivity index is 2.07. The average molecular weight is 250 g/mol. The number of rotatable bonds is 3. The van der Waals surface area contributed by atoms with Crippen molar-refractivity contribution in [1.29, 1.82) is 0 Å². The van der Waals surface area contributed by atoms with Gasteiger partial charge in [0.2, 0.25) is 0 Å². The number of ether oxygens (including phenoxy) is 1. The number of nitrogens with two attached hydrogens (primary N) is 1. The SMILES string of the molecule is COc1cccc(N2CCC(N)(C(=O)O)CC2)c1. The molecule has 18 heavy (non-hydrogen) atoms. The maximum Gasteiger partial charge on any atom is 0.323 e. The molecule has 0 unspecified atom stereocenters. The van der Waals surface area contributed by atoms with Crippen LogP contribution < -0.4 is 15.4 Å². The summed E-state index contributed by atoms with van der Waals surface area (Å²) in [6.45, 7) is 1.30. The molecule has 1 aromatic rings. The first kappa shape index (κ1) is 12.7. The zero-order valence-electron chi connectivity index (χ0n) is 10.4. The average Bonchev–Trinajstić information content (AvgIpc) is 2.39. The predicted octanol–water partition coefficient (Wildman–Crippen LogP) is 1.08. The minimum Gasteiger partial charge on any atom is -0.497 e. The van der Waals surface area contributed by atoms with Crippen molar-refractivity contribution in [3.8, 4) is 5.75 Å². The number of carboxylic acids is 1. The van der Waals surface area contributed by atoms with E-state index in [1.165, 1.54) is 0 Å². The molecule has 0 spiro atoms. The number of benzene rings is 1. The fourth-order valence-electron chi connectivity index (χ4n) is 2.18. The van der Waals surface area contributed by atoms with Gasteiger partial charge in [-0.3, -0.25) is 4.79 Å². The summed E-state index contributed by atoms with van der Waals surface area (Å²) < 4.78 is 5.18. The van der Waals surface area contributed by atoms with Gasteiger partial charge in [-0.1, -0.05) is 6.07 Å². The molecule has 0 aliphatic carbocycles. The second-order valence-corrected chi connectivity index (χ2v) is 4.65. The Hall–Kier alpha value is -1.75. The molecule has 0 saturated carbocycles. The molecule has 0 amide bonds. The molecule has 3 N–H and O–H groups in total. The standard InChI is InChI=1S/C13H18N2O3/c1-18-11-4-2-3-10(9-11)15-7-5-13(14,6-8-15)12(16)17/h2-4,9H,5-8,14H2,1H3,(H,16,17). The van der Waals surface area contributed by atoms with Crippen molar-refractivity contribution < 1.29 is 14.6 Å². The van der Waals surface area contributed by atoms with Crippen LogP contribution in [0.25, 0.3) is 0 Å². The lowest BCUT2D eigenvalue weighted by Gasteiger charge is -2.37. The van der Waals surface area contributed by atoms with Gasteiger partial charge in [-0.05, 0) is 25.0 Å². The van der Waals surface area contributed by atoms with Crippen LogP contribution in [0, 0.1) is 0 Å². The molecule has 0 atom stereocenters. The van der Waals surface area contributed by atoms with Crippen molar-refractivity contribution in [2.75, 3.05) is 25.1 Å². The highest BCUT2D eigenvalue weighted by atomic mass is 16.5. The number of carbonyl (C=O) groups is 1. The fourth-order valence-corrected chi connectivity index (χ4v) is 2.18. The van der Waals surface area contributed by atoms with Gasteiger partial charge in [0.1, 0.15) is 11.3 Å². The summed E-state index contributed by atoms with van der Waals surface area (Å²) in [7, 11) is 1.63. The van der Waals surface area contributed by atoms with E-state index in [0.29, 0.717) is 25.9 Å². The van der Waals surface area contributed by atoms with Gasteiger partial charge in [0.25, 0.3) is 0 Å². The minimum atomic E-state index is -1.07. The van der Waals surface area contributed by atoms with E-state index in [9.17, 15) is 4.79 Å². The van der Waals surface area contributed by atoms with Gasteiger partial charge in [0.15, 0.2) is 0 Å². The van der Waals surface area contributed by atoms with Crippen molar-refractivity contribution in [3.63, 3.8) is 0 Å². The lowest BCUT2D eigenvalue weighted by Crippen LogP contribution is -2.55. The van der Waals surface area contributed by atoms with E-state index in [-0.39, 0.29) is 0 Å². The Morgan fingerprint density at radius 1 is 1.44 bits per heavy atom. The second-order valence-electron chi connectivity index (χ2n) is 4.65. The highest BCUT2D eigenvalue weighted by Crippen LogP contribution is 2.27. The van der Waals surface area contributed by atoms with Crippen molar-refractivity contribution >= 4 is 11.7 Å². The van der Waals surface area contributed by atoms with Gasteiger partial charge in [-0.25, -0.2) is 0 Å². The van der Waals surface area contributed by atoms with E-state index in [1.54, 1.807) is 7.11 Å². The first-order chi connectivity index (χ1) is 8.55. The van der Waals surface area contributed by atoms with Crippen LogP contribution in [0.15, 0.2) is 24.3 Å². The lowest BCUT2D eigenvalue weighted by atomic mass is 9.88. The number of anilines is 1. The number of piperidine rings is 1. The summed E-state index contributed by atoms with van der Waals surface area (Å²) in [5.41, 5.74) is 5.82. The smallest absolute Gasteiger partial charge is 0.323 e. The third kappa shape index (κ3) is 2.41. The predicted molar refractivity (Wildman–Crippen MR) is 69.0 cm³/mol. The number of hydrogen-bond donors (Lipinski definition) is 2. The van der Waals surface area contributed by atoms with Gasteiger partial charge >= 0.3 is 5.97 Å². The number of nitrogens with zero attached hydrogens (tertiary/aromatic N) is 1. The molecule has 5 heteroatoms. The summed E-state index contributed by atoms with van der Waals surface area (Å²) in [6, 6.07) is 7.75. The topological polar surface area (TPSA) is 75.8 Å². The number of hydrogen-bond acceptors (Lipinski definition) is 4. The van der Waals surface area contributed by atoms with Gasteiger partial charge in [-0.15, -0.1) is 0 Å². The highest BCUT2D eigenvalue weighted by Gasteiger charge is 2.37. The van der Waals surface area contributed by atoms with E-state index >= 15 is 0 Å². The molecule has 0 aromatic heterocycles. The first-order valence-electron chi connectivity index (χ1n) is 5.96. The summed E-state index contributed by atoms with van der Waals surface area (Å²) in [5.74, 6) is -0.108. The largest absolute Gasteiger partial charge is 0.497 e. The second kappa shape index (κ2) is 4.86. The molecule has 1 aliphatic heterocycles. The molecule has 98 valence electrons. The van der Waals surface area contributed by atoms with Crippen LogP contribution in [0.2, 0.25) is 0 Å². The van der Waals surface area contributed by atoms with Crippen LogP contribution in [0.1, 0.15) is 12.8 Å². The van der Waals surface area contributed by atoms with E-state index in [1.807, 2.05) is 24.3 Å². The monoisotopic (exact) mass is 250 g/mol. The maximum absolute atomic E-state index is 11.1. The van der Waals surface area contributed by atoms with Gasteiger partial charge in [0, 0.05) is 24.8 Å². The van der Waals surface area contributed by atoms with E-state index in [4.69, 9.17) is 15.6 Å². The molecule has 1 aromatic carbocycles. The van der Waals surface area contributed by atoms with Crippen molar-refractivity contribution in [2.24, 2.45) is 5.73 Å². The quantitative estimate of drug-likeness (QED) is 0.839. The third-order valence-corrected chi connectivity index (χ3v) is 3.50. The van der Waals surface area contributed by atoms with Crippen molar-refractivity contribution in [3.05, 3.63) is 24.3 Å². The molecule has 0 bridgehead atoms. The molecule has 2 rings (SSSR count). The van der Waals surface area contributed by atoms with Crippen LogP contribution in [-0.4, -0.2) is 36.8 Å². The zero-order chi connectivity index (χ0) is 13.2. The Morgan fingerprint density at radius 3 is 2.67 bits per heavy atom. The molecule has 1 heterocycles. The summed E-state index contributed by atoms with van der Waals surface area (Å²) in [5, 5.41) is 9.07. The molecule has 1 saturated heterocycles. The fraction of sp³-hybridized carbons (Fsp3) is 0.462. The Kier molecular flexibility index (Phi) is 3.43. The normalized spacial score (nSPS) is 18.4. The molecule has 1 aliphatic rings. The summed E-state index contributed by atoms with van der Waals surface area (Å²) >= 11 is 0. The molecule has 1 fully saturated rings. The van der Waals surface area contributed by atoms with Gasteiger partial charge in [-0.2, -0.15) is 0 Å². The lowest BCUT2D eigenvalue weighted by molar-refractivity contribution is -0.144. The molecule has 5 nitrogen and oxygen atoms in total. The van der Waals surface area contributed by atoms with Gasteiger partial charge < -0.3 is 20.5 Å². The summed E-state index contributed by atoms with van der Waals surface area (Å²) in [4.78, 5) is 13.2. The van der Waals surface area contributed by atoms with E-state index in [2.05, 4.69) is 4.90 Å². The maximum atomic E-state index is 11.1. The Morgan fingerprint density at radius 2 is 2.11 bits per heavy atom.